The number of carboxylic acid groups (broad SMARTS) is 1. The van der Waals surface area contributed by atoms with Crippen molar-refractivity contribution in [2.24, 2.45) is 5.10 Å². The molecule has 1 aromatic carbocycles. The van der Waals surface area contributed by atoms with Gasteiger partial charge in [0.1, 0.15) is 10.6 Å². The Balaban J connectivity index is 1.77. The number of rotatable bonds is 5. The number of thiophene rings is 2. The van der Waals surface area contributed by atoms with E-state index in [4.69, 9.17) is 5.11 Å². The SMILES string of the molecule is CC(=NNC(=O)c1ccc(C(=O)O)s1)c1csc(-c2ccc(C(C)(C)C)cc2)c1O. The van der Waals surface area contributed by atoms with E-state index in [-0.39, 0.29) is 20.9 Å². The number of amides is 1. The van der Waals surface area contributed by atoms with Gasteiger partial charge in [-0.25, -0.2) is 10.2 Å². The van der Waals surface area contributed by atoms with E-state index >= 15 is 0 Å². The summed E-state index contributed by atoms with van der Waals surface area (Å²) in [6.45, 7) is 8.13. The minimum absolute atomic E-state index is 0.0520. The van der Waals surface area contributed by atoms with Gasteiger partial charge in [-0.3, -0.25) is 4.79 Å². The Morgan fingerprint density at radius 1 is 1.03 bits per heavy atom. The van der Waals surface area contributed by atoms with Crippen molar-refractivity contribution in [3.05, 3.63) is 62.7 Å². The number of carbonyl (C=O) groups excluding carboxylic acids is 1. The lowest BCUT2D eigenvalue weighted by atomic mass is 9.86. The molecule has 3 aromatic rings. The molecule has 3 rings (SSSR count). The average molecular weight is 443 g/mol. The molecular formula is C22H22N2O4S2. The number of aromatic carboxylic acids is 1. The van der Waals surface area contributed by atoms with E-state index in [1.807, 2.05) is 12.1 Å². The van der Waals surface area contributed by atoms with Crippen LogP contribution in [0.4, 0.5) is 0 Å². The van der Waals surface area contributed by atoms with E-state index in [1.165, 1.54) is 29.0 Å². The Morgan fingerprint density at radius 3 is 2.23 bits per heavy atom. The van der Waals surface area contributed by atoms with E-state index in [9.17, 15) is 14.7 Å². The number of hydrogen-bond donors (Lipinski definition) is 3. The van der Waals surface area contributed by atoms with Gasteiger partial charge in [0.05, 0.1) is 21.0 Å². The zero-order valence-electron chi connectivity index (χ0n) is 17.0. The standard InChI is InChI=1S/C22H22N2O4S2/c1-12(23-24-20(26)16-9-10-17(30-16)21(27)28)15-11-29-19(18(15)25)13-5-7-14(8-6-13)22(2,3)4/h5-11,25H,1-4H3,(H,24,26)(H,27,28). The predicted octanol–water partition coefficient (Wildman–Crippen LogP) is 5.33. The number of nitrogens with zero attached hydrogens (tertiary/aromatic N) is 1. The minimum Gasteiger partial charge on any atom is -0.506 e. The Kier molecular flexibility index (Phi) is 6.09. The molecule has 0 saturated carbocycles. The zero-order valence-corrected chi connectivity index (χ0v) is 18.6. The second-order valence-electron chi connectivity index (χ2n) is 7.76. The fourth-order valence-electron chi connectivity index (χ4n) is 2.76. The largest absolute Gasteiger partial charge is 0.506 e. The van der Waals surface area contributed by atoms with Crippen LogP contribution in [-0.2, 0) is 5.41 Å². The van der Waals surface area contributed by atoms with Crippen LogP contribution in [0.3, 0.4) is 0 Å². The maximum Gasteiger partial charge on any atom is 0.345 e. The molecule has 156 valence electrons. The van der Waals surface area contributed by atoms with Crippen LogP contribution in [0.1, 0.15) is 58.2 Å². The minimum atomic E-state index is -1.08. The predicted molar refractivity (Wildman–Crippen MR) is 121 cm³/mol. The van der Waals surface area contributed by atoms with Crippen LogP contribution in [0.25, 0.3) is 10.4 Å². The van der Waals surface area contributed by atoms with E-state index in [1.54, 1.807) is 12.3 Å². The number of aromatic hydroxyl groups is 1. The number of carbonyl (C=O) groups is 2. The van der Waals surface area contributed by atoms with Gasteiger partial charge >= 0.3 is 5.97 Å². The van der Waals surface area contributed by atoms with E-state index in [0.29, 0.717) is 11.3 Å². The second kappa shape index (κ2) is 8.41. The molecule has 3 N–H and O–H groups in total. The van der Waals surface area contributed by atoms with Gasteiger partial charge in [-0.15, -0.1) is 22.7 Å². The summed E-state index contributed by atoms with van der Waals surface area (Å²) < 4.78 is 0. The molecule has 0 radical (unpaired) electrons. The third-order valence-electron chi connectivity index (χ3n) is 4.53. The third kappa shape index (κ3) is 4.60. The van der Waals surface area contributed by atoms with Gasteiger partial charge in [0.2, 0.25) is 0 Å². The molecule has 0 atom stereocenters. The first-order valence-corrected chi connectivity index (χ1v) is 10.9. The fourth-order valence-corrected chi connectivity index (χ4v) is 4.51. The number of benzene rings is 1. The summed E-state index contributed by atoms with van der Waals surface area (Å²) in [4.78, 5) is 24.2. The molecule has 0 unspecified atom stereocenters. The molecule has 0 aliphatic carbocycles. The quantitative estimate of drug-likeness (QED) is 0.367. The summed E-state index contributed by atoms with van der Waals surface area (Å²) in [5.41, 5.74) is 5.57. The first kappa shape index (κ1) is 21.7. The number of carboxylic acids is 1. The van der Waals surface area contributed by atoms with Gasteiger partial charge < -0.3 is 10.2 Å². The smallest absolute Gasteiger partial charge is 0.345 e. The van der Waals surface area contributed by atoms with Gasteiger partial charge in [0, 0.05) is 5.38 Å². The van der Waals surface area contributed by atoms with Gasteiger partial charge in [0.15, 0.2) is 0 Å². The summed E-state index contributed by atoms with van der Waals surface area (Å²) in [6.07, 6.45) is 0. The summed E-state index contributed by atoms with van der Waals surface area (Å²) >= 11 is 2.28. The molecule has 1 amide bonds. The number of hydrogen-bond acceptors (Lipinski definition) is 6. The molecule has 0 aliphatic heterocycles. The first-order valence-electron chi connectivity index (χ1n) is 9.17. The molecule has 0 aliphatic rings. The molecule has 0 bridgehead atoms. The topological polar surface area (TPSA) is 99.0 Å². The summed E-state index contributed by atoms with van der Waals surface area (Å²) in [6, 6.07) is 10.9. The molecule has 2 aromatic heterocycles. The summed E-state index contributed by atoms with van der Waals surface area (Å²) in [7, 11) is 0. The third-order valence-corrected chi connectivity index (χ3v) is 6.62. The molecule has 30 heavy (non-hydrogen) atoms. The van der Waals surface area contributed by atoms with Crippen LogP contribution in [0.15, 0.2) is 46.9 Å². The van der Waals surface area contributed by atoms with E-state index in [2.05, 4.69) is 43.4 Å². The number of hydrazone groups is 1. The van der Waals surface area contributed by atoms with Gasteiger partial charge in [-0.05, 0) is 35.6 Å². The Hall–Kier alpha value is -2.97. The fraction of sp³-hybridized carbons (Fsp3) is 0.227. The van der Waals surface area contributed by atoms with Gasteiger partial charge in [-0.1, -0.05) is 45.0 Å². The highest BCUT2D eigenvalue weighted by Gasteiger charge is 2.18. The lowest BCUT2D eigenvalue weighted by Crippen LogP contribution is -2.18. The van der Waals surface area contributed by atoms with Crippen molar-refractivity contribution in [2.45, 2.75) is 33.1 Å². The van der Waals surface area contributed by atoms with Crippen LogP contribution in [0.2, 0.25) is 0 Å². The Labute approximate surface area is 182 Å². The Morgan fingerprint density at radius 2 is 1.67 bits per heavy atom. The van der Waals surface area contributed by atoms with Crippen LogP contribution in [0, 0.1) is 0 Å². The van der Waals surface area contributed by atoms with E-state index < -0.39 is 11.9 Å². The maximum absolute atomic E-state index is 12.2. The van der Waals surface area contributed by atoms with Crippen LogP contribution in [0.5, 0.6) is 5.75 Å². The molecule has 0 saturated heterocycles. The molecule has 0 fully saturated rings. The van der Waals surface area contributed by atoms with Gasteiger partial charge in [-0.2, -0.15) is 5.10 Å². The average Bonchev–Trinajstić information content (AvgIpc) is 3.32. The molecule has 0 spiro atoms. The lowest BCUT2D eigenvalue weighted by molar-refractivity contribution is 0.0702. The van der Waals surface area contributed by atoms with Gasteiger partial charge in [0.25, 0.3) is 5.91 Å². The lowest BCUT2D eigenvalue weighted by Gasteiger charge is -2.19. The molecular weight excluding hydrogens is 420 g/mol. The highest BCUT2D eigenvalue weighted by atomic mass is 32.1. The van der Waals surface area contributed by atoms with Crippen molar-refractivity contribution >= 4 is 40.3 Å². The Bertz CT molecular complexity index is 1120. The van der Waals surface area contributed by atoms with Crippen molar-refractivity contribution in [2.75, 3.05) is 0 Å². The summed E-state index contributed by atoms with van der Waals surface area (Å²) in [5, 5.41) is 25.5. The van der Waals surface area contributed by atoms with E-state index in [0.717, 1.165) is 21.8 Å². The number of nitrogens with one attached hydrogen (secondary N) is 1. The van der Waals surface area contributed by atoms with Crippen LogP contribution < -0.4 is 5.43 Å². The monoisotopic (exact) mass is 442 g/mol. The van der Waals surface area contributed by atoms with Crippen LogP contribution >= 0.6 is 22.7 Å². The highest BCUT2D eigenvalue weighted by Crippen LogP contribution is 2.39. The van der Waals surface area contributed by atoms with Crippen molar-refractivity contribution in [3.63, 3.8) is 0 Å². The second-order valence-corrected chi connectivity index (χ2v) is 9.73. The molecule has 8 heteroatoms. The normalized spacial score (nSPS) is 12.1. The van der Waals surface area contributed by atoms with Crippen LogP contribution in [-0.4, -0.2) is 27.8 Å². The zero-order chi connectivity index (χ0) is 22.1. The van der Waals surface area contributed by atoms with Crippen molar-refractivity contribution in [3.8, 4) is 16.2 Å². The highest BCUT2D eigenvalue weighted by molar-refractivity contribution is 7.15. The van der Waals surface area contributed by atoms with Crippen molar-refractivity contribution < 1.29 is 19.8 Å². The first-order chi connectivity index (χ1) is 14.1. The van der Waals surface area contributed by atoms with Crippen molar-refractivity contribution in [1.82, 2.24) is 5.43 Å². The molecule has 2 heterocycles. The van der Waals surface area contributed by atoms with Crippen molar-refractivity contribution in [1.29, 1.82) is 0 Å². The summed E-state index contributed by atoms with van der Waals surface area (Å²) in [5.74, 6) is -1.46. The maximum atomic E-state index is 12.2. The molecule has 6 nitrogen and oxygen atoms in total.